The number of nitrogens with zero attached hydrogens (tertiary/aromatic N) is 1. The van der Waals surface area contributed by atoms with Gasteiger partial charge in [0.25, 0.3) is 0 Å². The number of benzene rings is 2. The van der Waals surface area contributed by atoms with Crippen LogP contribution in [0.4, 0.5) is 13.2 Å². The summed E-state index contributed by atoms with van der Waals surface area (Å²) in [5, 5.41) is 3.61. The fourth-order valence-corrected chi connectivity index (χ4v) is 4.06. The summed E-state index contributed by atoms with van der Waals surface area (Å²) in [6, 6.07) is 14.2. The summed E-state index contributed by atoms with van der Waals surface area (Å²) in [6.07, 6.45) is -2.12. The van der Waals surface area contributed by atoms with Crippen LogP contribution >= 0.6 is 0 Å². The van der Waals surface area contributed by atoms with Crippen LogP contribution in [0.3, 0.4) is 0 Å². The summed E-state index contributed by atoms with van der Waals surface area (Å²) < 4.78 is 38.7. The van der Waals surface area contributed by atoms with E-state index in [1.165, 1.54) is 17.7 Å². The number of nitrogens with two attached hydrogens (primary N) is 1. The molecule has 2 aromatic carbocycles. The molecule has 150 valence electrons. The minimum absolute atomic E-state index is 0.323. The zero-order valence-electron chi connectivity index (χ0n) is 15.8. The van der Waals surface area contributed by atoms with E-state index in [1.54, 1.807) is 6.07 Å². The maximum atomic E-state index is 12.9. The van der Waals surface area contributed by atoms with Crippen molar-refractivity contribution in [2.24, 2.45) is 5.73 Å². The molecule has 1 aliphatic heterocycles. The van der Waals surface area contributed by atoms with Gasteiger partial charge in [-0.25, -0.2) is 0 Å². The van der Waals surface area contributed by atoms with Crippen LogP contribution in [0, 0.1) is 0 Å². The van der Waals surface area contributed by atoms with Crippen molar-refractivity contribution >= 4 is 0 Å². The first-order valence-electron chi connectivity index (χ1n) is 9.89. The zero-order valence-corrected chi connectivity index (χ0v) is 15.8. The van der Waals surface area contributed by atoms with Gasteiger partial charge in [-0.3, -0.25) is 0 Å². The van der Waals surface area contributed by atoms with Crippen LogP contribution in [0.15, 0.2) is 48.5 Å². The second kappa shape index (κ2) is 7.85. The van der Waals surface area contributed by atoms with Gasteiger partial charge in [0, 0.05) is 37.6 Å². The number of rotatable bonds is 6. The quantitative estimate of drug-likeness (QED) is 0.789. The lowest BCUT2D eigenvalue weighted by Gasteiger charge is -2.15. The van der Waals surface area contributed by atoms with Gasteiger partial charge < -0.3 is 16.0 Å². The third-order valence-corrected chi connectivity index (χ3v) is 5.80. The third kappa shape index (κ3) is 4.57. The van der Waals surface area contributed by atoms with E-state index in [-0.39, 0.29) is 0 Å². The molecule has 3 atom stereocenters. The van der Waals surface area contributed by atoms with E-state index in [1.807, 2.05) is 24.3 Å². The van der Waals surface area contributed by atoms with Gasteiger partial charge in [0.2, 0.25) is 0 Å². The Morgan fingerprint density at radius 3 is 2.54 bits per heavy atom. The van der Waals surface area contributed by atoms with Gasteiger partial charge in [0.05, 0.1) is 5.56 Å². The highest BCUT2D eigenvalue weighted by molar-refractivity contribution is 5.65. The van der Waals surface area contributed by atoms with Gasteiger partial charge >= 0.3 is 6.18 Å². The van der Waals surface area contributed by atoms with E-state index in [0.29, 0.717) is 23.6 Å². The van der Waals surface area contributed by atoms with Gasteiger partial charge in [-0.15, -0.1) is 0 Å². The topological polar surface area (TPSA) is 41.3 Å². The molecule has 6 heteroatoms. The van der Waals surface area contributed by atoms with Crippen molar-refractivity contribution in [1.29, 1.82) is 0 Å². The van der Waals surface area contributed by atoms with Crippen molar-refractivity contribution in [3.8, 4) is 11.1 Å². The summed E-state index contributed by atoms with van der Waals surface area (Å²) in [4.78, 5) is 2.40. The summed E-state index contributed by atoms with van der Waals surface area (Å²) >= 11 is 0. The second-order valence-electron chi connectivity index (χ2n) is 7.95. The molecule has 1 heterocycles. The summed E-state index contributed by atoms with van der Waals surface area (Å²) in [6.45, 7) is 4.09. The number of nitrogens with one attached hydrogen (secondary N) is 1. The molecule has 28 heavy (non-hydrogen) atoms. The van der Waals surface area contributed by atoms with Gasteiger partial charge in [0.15, 0.2) is 0 Å². The van der Waals surface area contributed by atoms with Crippen LogP contribution in [0.5, 0.6) is 0 Å². The number of alkyl halides is 3. The average molecular weight is 389 g/mol. The van der Waals surface area contributed by atoms with Crippen LogP contribution < -0.4 is 11.1 Å². The highest BCUT2D eigenvalue weighted by Crippen LogP contribution is 2.41. The minimum Gasteiger partial charge on any atom is -0.326 e. The van der Waals surface area contributed by atoms with E-state index in [2.05, 4.69) is 10.2 Å². The normalized spacial score (nSPS) is 25.2. The molecule has 0 amide bonds. The Balaban J connectivity index is 1.31. The molecule has 0 radical (unpaired) electrons. The van der Waals surface area contributed by atoms with Crippen molar-refractivity contribution in [2.75, 3.05) is 26.2 Å². The number of halogens is 3. The Morgan fingerprint density at radius 1 is 1.07 bits per heavy atom. The first kappa shape index (κ1) is 19.4. The fourth-order valence-electron chi connectivity index (χ4n) is 4.06. The zero-order chi connectivity index (χ0) is 19.7. The highest BCUT2D eigenvalue weighted by Gasteiger charge is 2.37. The molecule has 0 spiro atoms. The van der Waals surface area contributed by atoms with E-state index in [9.17, 15) is 13.2 Å². The second-order valence-corrected chi connectivity index (χ2v) is 7.95. The van der Waals surface area contributed by atoms with Crippen LogP contribution in [-0.4, -0.2) is 43.2 Å². The molecular weight excluding hydrogens is 363 g/mol. The Labute approximate surface area is 163 Å². The molecule has 3 nitrogen and oxygen atoms in total. The molecule has 2 aliphatic rings. The predicted molar refractivity (Wildman–Crippen MR) is 105 cm³/mol. The molecule has 1 saturated heterocycles. The van der Waals surface area contributed by atoms with Crippen molar-refractivity contribution in [3.05, 3.63) is 59.7 Å². The summed E-state index contributed by atoms with van der Waals surface area (Å²) in [5.74, 6) is 0.497. The maximum Gasteiger partial charge on any atom is 0.416 e. The lowest BCUT2D eigenvalue weighted by Crippen LogP contribution is -2.33. The van der Waals surface area contributed by atoms with E-state index >= 15 is 0 Å². The van der Waals surface area contributed by atoms with Crippen LogP contribution in [0.25, 0.3) is 11.1 Å². The molecule has 0 bridgehead atoms. The lowest BCUT2D eigenvalue weighted by atomic mass is 10.0. The van der Waals surface area contributed by atoms with Crippen molar-refractivity contribution in [3.63, 3.8) is 0 Å². The van der Waals surface area contributed by atoms with Crippen LogP contribution in [0.1, 0.15) is 29.9 Å². The fraction of sp³-hybridized carbons (Fsp3) is 0.455. The Bertz CT molecular complexity index is 803. The van der Waals surface area contributed by atoms with Crippen molar-refractivity contribution < 1.29 is 13.2 Å². The smallest absolute Gasteiger partial charge is 0.326 e. The SMILES string of the molecule is N[C@@H]1CCN(CCN[C@H]2CC2c2ccc(-c3cccc(C(F)(F)F)c3)cc2)C1. The van der Waals surface area contributed by atoms with Crippen LogP contribution in [-0.2, 0) is 6.18 Å². The highest BCUT2D eigenvalue weighted by atomic mass is 19.4. The molecule has 4 rings (SSSR count). The molecule has 3 N–H and O–H groups in total. The summed E-state index contributed by atoms with van der Waals surface area (Å²) in [7, 11) is 0. The van der Waals surface area contributed by atoms with Gasteiger partial charge in [-0.05, 0) is 48.2 Å². The number of likely N-dealkylation sites (tertiary alicyclic amines) is 1. The monoisotopic (exact) mass is 389 g/mol. The molecule has 1 aliphatic carbocycles. The van der Waals surface area contributed by atoms with Crippen molar-refractivity contribution in [2.45, 2.75) is 37.0 Å². The van der Waals surface area contributed by atoms with Gasteiger partial charge in [-0.1, -0.05) is 36.4 Å². The standard InChI is InChI=1S/C22H26F3N3/c23-22(24,25)18-3-1-2-17(12-18)15-4-6-16(7-5-15)20-13-21(20)27-9-11-28-10-8-19(26)14-28/h1-7,12,19-21,27H,8-11,13-14,26H2/t19-,20?,21+/m1/s1. The van der Waals surface area contributed by atoms with E-state index in [0.717, 1.165) is 50.7 Å². The molecule has 2 fully saturated rings. The van der Waals surface area contributed by atoms with Gasteiger partial charge in [0.1, 0.15) is 0 Å². The molecule has 1 saturated carbocycles. The maximum absolute atomic E-state index is 12.9. The Morgan fingerprint density at radius 2 is 1.86 bits per heavy atom. The molecule has 2 aromatic rings. The van der Waals surface area contributed by atoms with E-state index in [4.69, 9.17) is 5.73 Å². The number of hydrogen-bond acceptors (Lipinski definition) is 3. The lowest BCUT2D eigenvalue weighted by molar-refractivity contribution is -0.137. The van der Waals surface area contributed by atoms with Gasteiger partial charge in [-0.2, -0.15) is 13.2 Å². The first-order chi connectivity index (χ1) is 13.4. The molecule has 0 aromatic heterocycles. The van der Waals surface area contributed by atoms with E-state index < -0.39 is 11.7 Å². The minimum atomic E-state index is -4.32. The third-order valence-electron chi connectivity index (χ3n) is 5.80. The van der Waals surface area contributed by atoms with Crippen molar-refractivity contribution in [1.82, 2.24) is 10.2 Å². The molecule has 1 unspecified atom stereocenters. The van der Waals surface area contributed by atoms with Crippen LogP contribution in [0.2, 0.25) is 0 Å². The Kier molecular flexibility index (Phi) is 5.45. The Hall–Kier alpha value is -1.89. The first-order valence-corrected chi connectivity index (χ1v) is 9.89. The molecular formula is C22H26F3N3. The summed E-state index contributed by atoms with van der Waals surface area (Å²) in [5.41, 5.74) is 7.97. The largest absolute Gasteiger partial charge is 0.416 e. The number of hydrogen-bond donors (Lipinski definition) is 2. The average Bonchev–Trinajstić information content (AvgIpc) is 3.33. The predicted octanol–water partition coefficient (Wildman–Crippen LogP) is 3.85.